The fourth-order valence-electron chi connectivity index (χ4n) is 3.32. The molecule has 0 bridgehead atoms. The van der Waals surface area contributed by atoms with E-state index < -0.39 is 6.04 Å². The van der Waals surface area contributed by atoms with Crippen LogP contribution in [0.3, 0.4) is 0 Å². The maximum absolute atomic E-state index is 14.0. The highest BCUT2D eigenvalue weighted by Gasteiger charge is 2.37. The summed E-state index contributed by atoms with van der Waals surface area (Å²) >= 11 is 0. The van der Waals surface area contributed by atoms with Gasteiger partial charge in [0, 0.05) is 11.6 Å². The van der Waals surface area contributed by atoms with Crippen LogP contribution in [0.25, 0.3) is 0 Å². The number of halogens is 2. The van der Waals surface area contributed by atoms with Gasteiger partial charge in [0.1, 0.15) is 11.6 Å². The fourth-order valence-corrected chi connectivity index (χ4v) is 3.32. The van der Waals surface area contributed by atoms with Crippen LogP contribution in [0.4, 0.5) is 8.78 Å². The van der Waals surface area contributed by atoms with Crippen LogP contribution in [0.1, 0.15) is 56.7 Å². The van der Waals surface area contributed by atoms with E-state index in [1.807, 2.05) is 0 Å². The van der Waals surface area contributed by atoms with Gasteiger partial charge in [-0.05, 0) is 48.8 Å². The molecule has 2 unspecified atom stereocenters. The van der Waals surface area contributed by atoms with Crippen molar-refractivity contribution >= 4 is 0 Å². The van der Waals surface area contributed by atoms with Crippen molar-refractivity contribution in [2.45, 2.75) is 52.5 Å². The topological polar surface area (TPSA) is 26.0 Å². The molecule has 0 saturated heterocycles. The smallest absolute Gasteiger partial charge is 0.128 e. The molecule has 106 valence electrons. The van der Waals surface area contributed by atoms with Crippen molar-refractivity contribution in [3.05, 3.63) is 34.9 Å². The molecule has 1 nitrogen and oxygen atoms in total. The Morgan fingerprint density at radius 3 is 2.53 bits per heavy atom. The monoisotopic (exact) mass is 267 g/mol. The molecule has 2 atom stereocenters. The van der Waals surface area contributed by atoms with Gasteiger partial charge in [0.25, 0.3) is 0 Å². The van der Waals surface area contributed by atoms with Crippen molar-refractivity contribution in [3.8, 4) is 0 Å². The van der Waals surface area contributed by atoms with E-state index >= 15 is 0 Å². The molecule has 1 fully saturated rings. The number of hydrogen-bond donors (Lipinski definition) is 1. The first kappa shape index (κ1) is 14.4. The maximum Gasteiger partial charge on any atom is 0.128 e. The Morgan fingerprint density at radius 1 is 1.21 bits per heavy atom. The van der Waals surface area contributed by atoms with Crippen LogP contribution in [-0.2, 0) is 0 Å². The molecule has 1 aromatic carbocycles. The van der Waals surface area contributed by atoms with E-state index in [9.17, 15) is 8.78 Å². The minimum Gasteiger partial charge on any atom is -0.324 e. The predicted molar refractivity (Wildman–Crippen MR) is 73.8 cm³/mol. The van der Waals surface area contributed by atoms with Crippen LogP contribution in [0.2, 0.25) is 0 Å². The molecule has 1 saturated carbocycles. The third kappa shape index (κ3) is 2.81. The lowest BCUT2D eigenvalue weighted by Crippen LogP contribution is -2.36. The van der Waals surface area contributed by atoms with Crippen molar-refractivity contribution in [2.75, 3.05) is 0 Å². The molecule has 0 amide bonds. The van der Waals surface area contributed by atoms with Gasteiger partial charge in [0.05, 0.1) is 0 Å². The van der Waals surface area contributed by atoms with Crippen LogP contribution in [0.15, 0.2) is 12.1 Å². The van der Waals surface area contributed by atoms with Crippen LogP contribution in [0, 0.1) is 29.9 Å². The summed E-state index contributed by atoms with van der Waals surface area (Å²) in [5.41, 5.74) is 7.00. The number of benzene rings is 1. The Labute approximate surface area is 114 Å². The van der Waals surface area contributed by atoms with Gasteiger partial charge in [-0.1, -0.05) is 26.7 Å². The van der Waals surface area contributed by atoms with Crippen LogP contribution < -0.4 is 5.73 Å². The summed E-state index contributed by atoms with van der Waals surface area (Å²) in [5, 5.41) is 0. The van der Waals surface area contributed by atoms with Gasteiger partial charge in [-0.3, -0.25) is 0 Å². The van der Waals surface area contributed by atoms with Crippen LogP contribution in [0.5, 0.6) is 0 Å². The minimum absolute atomic E-state index is 0.0888. The van der Waals surface area contributed by atoms with E-state index in [0.29, 0.717) is 11.1 Å². The Kier molecular flexibility index (Phi) is 3.95. The van der Waals surface area contributed by atoms with E-state index in [1.54, 1.807) is 6.92 Å². The Balaban J connectivity index is 2.33. The summed E-state index contributed by atoms with van der Waals surface area (Å²) < 4.78 is 27.7. The van der Waals surface area contributed by atoms with Crippen molar-refractivity contribution in [3.63, 3.8) is 0 Å². The second-order valence-corrected chi connectivity index (χ2v) is 6.49. The first-order valence-electron chi connectivity index (χ1n) is 7.04. The molecule has 19 heavy (non-hydrogen) atoms. The second-order valence-electron chi connectivity index (χ2n) is 6.49. The van der Waals surface area contributed by atoms with E-state index in [0.717, 1.165) is 19.3 Å². The van der Waals surface area contributed by atoms with Gasteiger partial charge in [-0.25, -0.2) is 8.78 Å². The molecule has 1 aliphatic carbocycles. The van der Waals surface area contributed by atoms with Crippen LogP contribution >= 0.6 is 0 Å². The summed E-state index contributed by atoms with van der Waals surface area (Å²) in [6.45, 7) is 5.93. The molecule has 2 N–H and O–H groups in total. The van der Waals surface area contributed by atoms with Crippen LogP contribution in [-0.4, -0.2) is 0 Å². The summed E-state index contributed by atoms with van der Waals surface area (Å²) in [6.07, 6.45) is 4.41. The van der Waals surface area contributed by atoms with E-state index in [1.165, 1.54) is 18.6 Å². The zero-order valence-electron chi connectivity index (χ0n) is 12.0. The van der Waals surface area contributed by atoms with E-state index in [2.05, 4.69) is 13.8 Å². The standard InChI is InChI=1S/C16H23F2N/c1-10-8-14(18)11(9-13(10)17)15(19)12-6-4-5-7-16(12,2)3/h8-9,12,15H,4-7,19H2,1-3H3. The van der Waals surface area contributed by atoms with Crippen molar-refractivity contribution in [1.29, 1.82) is 0 Å². The Hall–Kier alpha value is -0.960. The lowest BCUT2D eigenvalue weighted by atomic mass is 9.65. The van der Waals surface area contributed by atoms with Gasteiger partial charge in [0.2, 0.25) is 0 Å². The van der Waals surface area contributed by atoms with Crippen molar-refractivity contribution in [1.82, 2.24) is 0 Å². The molecule has 0 spiro atoms. The third-order valence-electron chi connectivity index (χ3n) is 4.66. The lowest BCUT2D eigenvalue weighted by Gasteiger charge is -2.42. The van der Waals surface area contributed by atoms with Gasteiger partial charge in [-0.2, -0.15) is 0 Å². The molecule has 2 rings (SSSR count). The van der Waals surface area contributed by atoms with Crippen molar-refractivity contribution in [2.24, 2.45) is 17.1 Å². The SMILES string of the molecule is Cc1cc(F)c(C(N)C2CCCCC2(C)C)cc1F. The third-order valence-corrected chi connectivity index (χ3v) is 4.66. The highest BCUT2D eigenvalue weighted by Crippen LogP contribution is 2.46. The molecule has 0 radical (unpaired) electrons. The zero-order valence-corrected chi connectivity index (χ0v) is 12.0. The minimum atomic E-state index is -0.426. The Morgan fingerprint density at radius 2 is 1.89 bits per heavy atom. The quantitative estimate of drug-likeness (QED) is 0.839. The average Bonchev–Trinajstić information content (AvgIpc) is 2.32. The Bertz CT molecular complexity index is 468. The number of rotatable bonds is 2. The van der Waals surface area contributed by atoms with Gasteiger partial charge in [0.15, 0.2) is 0 Å². The molecule has 0 aromatic heterocycles. The number of hydrogen-bond acceptors (Lipinski definition) is 1. The predicted octanol–water partition coefficient (Wildman–Crippen LogP) is 4.49. The molecule has 0 heterocycles. The molecular formula is C16H23F2N. The van der Waals surface area contributed by atoms with Gasteiger partial charge in [-0.15, -0.1) is 0 Å². The summed E-state index contributed by atoms with van der Waals surface area (Å²) in [7, 11) is 0. The van der Waals surface area contributed by atoms with E-state index in [4.69, 9.17) is 5.73 Å². The summed E-state index contributed by atoms with van der Waals surface area (Å²) in [5.74, 6) is -0.550. The van der Waals surface area contributed by atoms with E-state index in [-0.39, 0.29) is 23.0 Å². The number of nitrogens with two attached hydrogens (primary N) is 1. The second kappa shape index (κ2) is 5.20. The molecular weight excluding hydrogens is 244 g/mol. The summed E-state index contributed by atoms with van der Waals surface area (Å²) in [6, 6.07) is 2.10. The highest BCUT2D eigenvalue weighted by molar-refractivity contribution is 5.28. The number of aryl methyl sites for hydroxylation is 1. The molecule has 3 heteroatoms. The molecule has 1 aromatic rings. The molecule has 0 aliphatic heterocycles. The van der Waals surface area contributed by atoms with Gasteiger partial charge >= 0.3 is 0 Å². The van der Waals surface area contributed by atoms with Gasteiger partial charge < -0.3 is 5.73 Å². The largest absolute Gasteiger partial charge is 0.324 e. The fraction of sp³-hybridized carbons (Fsp3) is 0.625. The average molecular weight is 267 g/mol. The molecule has 1 aliphatic rings. The normalized spacial score (nSPS) is 24.2. The maximum atomic E-state index is 14.0. The first-order chi connectivity index (χ1) is 8.83. The highest BCUT2D eigenvalue weighted by atomic mass is 19.1. The first-order valence-corrected chi connectivity index (χ1v) is 7.04. The lowest BCUT2D eigenvalue weighted by molar-refractivity contribution is 0.111. The van der Waals surface area contributed by atoms with Crippen molar-refractivity contribution < 1.29 is 8.78 Å². The summed E-state index contributed by atoms with van der Waals surface area (Å²) in [4.78, 5) is 0. The zero-order chi connectivity index (χ0) is 14.2.